The highest BCUT2D eigenvalue weighted by Crippen LogP contribution is 2.39. The first-order valence-electron chi connectivity index (χ1n) is 7.69. The summed E-state index contributed by atoms with van der Waals surface area (Å²) < 4.78 is 2.91. The van der Waals surface area contributed by atoms with Gasteiger partial charge < -0.3 is 5.32 Å². The molecule has 0 radical (unpaired) electrons. The SMILES string of the molecule is CCCNC(=O)CSc1nnc(SCc2sc3ccccc3c2Cl)s1. The Morgan fingerprint density at radius 2 is 1.96 bits per heavy atom. The van der Waals surface area contributed by atoms with Crippen LogP contribution in [0.5, 0.6) is 0 Å². The minimum absolute atomic E-state index is 0.0355. The van der Waals surface area contributed by atoms with Crippen LogP contribution in [0.2, 0.25) is 5.02 Å². The standard InChI is InChI=1S/C16H16ClN3OS4/c1-2-7-18-13(21)9-23-16-20-19-15(25-16)22-8-12-14(17)10-5-3-4-6-11(10)24-12/h3-6H,2,7-9H2,1H3,(H,18,21). The van der Waals surface area contributed by atoms with Crippen LogP contribution in [0.1, 0.15) is 18.2 Å². The average Bonchev–Trinajstić information content (AvgIpc) is 3.21. The summed E-state index contributed by atoms with van der Waals surface area (Å²) in [5, 5.41) is 13.1. The largest absolute Gasteiger partial charge is 0.355 e. The number of aromatic nitrogens is 2. The van der Waals surface area contributed by atoms with Crippen LogP contribution in [0.15, 0.2) is 32.9 Å². The molecule has 1 amide bonds. The van der Waals surface area contributed by atoms with Crippen molar-refractivity contribution in [2.75, 3.05) is 12.3 Å². The van der Waals surface area contributed by atoms with Crippen LogP contribution in [0.25, 0.3) is 10.1 Å². The van der Waals surface area contributed by atoms with Crippen LogP contribution in [-0.2, 0) is 10.5 Å². The Bertz CT molecular complexity index is 864. The van der Waals surface area contributed by atoms with Crippen LogP contribution in [-0.4, -0.2) is 28.4 Å². The molecule has 3 aromatic rings. The van der Waals surface area contributed by atoms with E-state index in [4.69, 9.17) is 11.6 Å². The highest BCUT2D eigenvalue weighted by molar-refractivity contribution is 8.03. The minimum atomic E-state index is 0.0355. The Balaban J connectivity index is 1.54. The smallest absolute Gasteiger partial charge is 0.230 e. The highest BCUT2D eigenvalue weighted by Gasteiger charge is 2.12. The van der Waals surface area contributed by atoms with E-state index in [1.807, 2.05) is 25.1 Å². The maximum Gasteiger partial charge on any atom is 0.230 e. The number of halogens is 1. The molecule has 3 rings (SSSR count). The van der Waals surface area contributed by atoms with Gasteiger partial charge in [-0.25, -0.2) is 0 Å². The molecule has 0 bridgehead atoms. The summed E-state index contributed by atoms with van der Waals surface area (Å²) in [4.78, 5) is 12.8. The van der Waals surface area contributed by atoms with Crippen molar-refractivity contribution in [3.8, 4) is 0 Å². The molecule has 1 N–H and O–H groups in total. The van der Waals surface area contributed by atoms with Crippen molar-refractivity contribution in [3.05, 3.63) is 34.2 Å². The quantitative estimate of drug-likeness (QED) is 0.491. The van der Waals surface area contributed by atoms with E-state index in [2.05, 4.69) is 21.6 Å². The van der Waals surface area contributed by atoms with Gasteiger partial charge in [-0.05, 0) is 12.5 Å². The van der Waals surface area contributed by atoms with E-state index in [1.165, 1.54) is 27.8 Å². The monoisotopic (exact) mass is 429 g/mol. The number of hydrogen-bond donors (Lipinski definition) is 1. The van der Waals surface area contributed by atoms with Gasteiger partial charge in [0.2, 0.25) is 5.91 Å². The lowest BCUT2D eigenvalue weighted by molar-refractivity contribution is -0.118. The summed E-state index contributed by atoms with van der Waals surface area (Å²) in [7, 11) is 0. The van der Waals surface area contributed by atoms with E-state index in [9.17, 15) is 4.79 Å². The number of rotatable bonds is 8. The Kier molecular flexibility index (Phi) is 7.00. The van der Waals surface area contributed by atoms with Crippen LogP contribution in [0.3, 0.4) is 0 Å². The Hall–Kier alpha value is -0.800. The second-order valence-electron chi connectivity index (χ2n) is 5.10. The van der Waals surface area contributed by atoms with Crippen LogP contribution < -0.4 is 5.32 Å². The first kappa shape index (κ1) is 19.0. The molecule has 9 heteroatoms. The fourth-order valence-electron chi connectivity index (χ4n) is 2.04. The van der Waals surface area contributed by atoms with Gasteiger partial charge in [0, 0.05) is 27.3 Å². The molecule has 0 saturated carbocycles. The number of hydrogen-bond acceptors (Lipinski definition) is 7. The molecule has 0 aliphatic heterocycles. The zero-order valence-electron chi connectivity index (χ0n) is 13.5. The molecule has 25 heavy (non-hydrogen) atoms. The zero-order chi connectivity index (χ0) is 17.6. The molecular formula is C16H16ClN3OS4. The summed E-state index contributed by atoms with van der Waals surface area (Å²) in [5.41, 5.74) is 0. The van der Waals surface area contributed by atoms with Crippen molar-refractivity contribution in [2.45, 2.75) is 27.8 Å². The fourth-order valence-corrected chi connectivity index (χ4v) is 6.55. The number of thioether (sulfide) groups is 2. The van der Waals surface area contributed by atoms with Gasteiger partial charge in [0.15, 0.2) is 8.68 Å². The number of carbonyl (C=O) groups is 1. The lowest BCUT2D eigenvalue weighted by atomic mass is 10.2. The Morgan fingerprint density at radius 3 is 2.72 bits per heavy atom. The van der Waals surface area contributed by atoms with Gasteiger partial charge in [-0.3, -0.25) is 4.79 Å². The maximum atomic E-state index is 11.6. The number of nitrogens with zero attached hydrogens (tertiary/aromatic N) is 2. The molecule has 0 saturated heterocycles. The Labute approximate surface area is 167 Å². The number of fused-ring (bicyclic) bond motifs is 1. The fraction of sp³-hybridized carbons (Fsp3) is 0.312. The number of benzene rings is 1. The third kappa shape index (κ3) is 5.10. The van der Waals surface area contributed by atoms with E-state index in [1.54, 1.807) is 23.1 Å². The summed E-state index contributed by atoms with van der Waals surface area (Å²) in [6.07, 6.45) is 0.941. The van der Waals surface area contributed by atoms with Crippen LogP contribution in [0, 0.1) is 0 Å². The van der Waals surface area contributed by atoms with Gasteiger partial charge in [-0.1, -0.05) is 71.6 Å². The predicted octanol–water partition coefficient (Wildman–Crippen LogP) is 5.32. The van der Waals surface area contributed by atoms with E-state index >= 15 is 0 Å². The molecule has 0 fully saturated rings. The molecule has 0 aliphatic carbocycles. The molecule has 0 spiro atoms. The van der Waals surface area contributed by atoms with E-state index < -0.39 is 0 Å². The van der Waals surface area contributed by atoms with Crippen molar-refractivity contribution in [1.82, 2.24) is 15.5 Å². The predicted molar refractivity (Wildman–Crippen MR) is 110 cm³/mol. The van der Waals surface area contributed by atoms with Crippen LogP contribution >= 0.6 is 57.8 Å². The molecule has 1 aromatic carbocycles. The van der Waals surface area contributed by atoms with Crippen molar-refractivity contribution < 1.29 is 4.79 Å². The van der Waals surface area contributed by atoms with Gasteiger partial charge in [0.25, 0.3) is 0 Å². The summed E-state index contributed by atoms with van der Waals surface area (Å²) in [6.45, 7) is 2.75. The van der Waals surface area contributed by atoms with Gasteiger partial charge in [0.05, 0.1) is 10.8 Å². The average molecular weight is 430 g/mol. The number of amides is 1. The van der Waals surface area contributed by atoms with Crippen molar-refractivity contribution in [3.63, 3.8) is 0 Å². The molecule has 0 atom stereocenters. The topological polar surface area (TPSA) is 54.9 Å². The van der Waals surface area contributed by atoms with Crippen molar-refractivity contribution >= 4 is 73.8 Å². The maximum absolute atomic E-state index is 11.6. The lowest BCUT2D eigenvalue weighted by Gasteiger charge is -2.00. The molecule has 132 valence electrons. The summed E-state index contributed by atoms with van der Waals surface area (Å²) in [6, 6.07) is 8.16. The molecular weight excluding hydrogens is 414 g/mol. The van der Waals surface area contributed by atoms with Gasteiger partial charge in [0.1, 0.15) is 0 Å². The Morgan fingerprint density at radius 1 is 1.20 bits per heavy atom. The summed E-state index contributed by atoms with van der Waals surface area (Å²) >= 11 is 12.8. The third-order valence-electron chi connectivity index (χ3n) is 3.22. The molecule has 0 aliphatic rings. The molecule has 4 nitrogen and oxygen atoms in total. The lowest BCUT2D eigenvalue weighted by Crippen LogP contribution is -2.25. The van der Waals surface area contributed by atoms with Crippen molar-refractivity contribution in [2.24, 2.45) is 0 Å². The second kappa shape index (κ2) is 9.23. The minimum Gasteiger partial charge on any atom is -0.355 e. The third-order valence-corrected chi connectivity index (χ3v) is 8.33. The van der Waals surface area contributed by atoms with E-state index in [0.29, 0.717) is 12.3 Å². The first-order chi connectivity index (χ1) is 12.2. The molecule has 2 aromatic heterocycles. The molecule has 0 unspecified atom stereocenters. The number of nitrogens with one attached hydrogen (secondary N) is 1. The summed E-state index contributed by atoms with van der Waals surface area (Å²) in [5.74, 6) is 1.18. The second-order valence-corrected chi connectivity index (χ2v) is 10.0. The van der Waals surface area contributed by atoms with Gasteiger partial charge >= 0.3 is 0 Å². The van der Waals surface area contributed by atoms with Crippen molar-refractivity contribution in [1.29, 1.82) is 0 Å². The van der Waals surface area contributed by atoms with E-state index in [0.717, 1.165) is 36.1 Å². The highest BCUT2D eigenvalue weighted by atomic mass is 35.5. The van der Waals surface area contributed by atoms with Gasteiger partial charge in [-0.2, -0.15) is 0 Å². The number of carbonyl (C=O) groups excluding carboxylic acids is 1. The number of thiophene rings is 1. The first-order valence-corrected chi connectivity index (χ1v) is 11.7. The molecule has 2 heterocycles. The zero-order valence-corrected chi connectivity index (χ0v) is 17.5. The van der Waals surface area contributed by atoms with Crippen LogP contribution in [0.4, 0.5) is 0 Å². The van der Waals surface area contributed by atoms with E-state index in [-0.39, 0.29) is 5.91 Å². The normalized spacial score (nSPS) is 11.1. The van der Waals surface area contributed by atoms with Gasteiger partial charge in [-0.15, -0.1) is 21.5 Å².